The molecule has 73 heavy (non-hydrogen) atoms. The number of aromatic hydroxyl groups is 2. The molecule has 1 aliphatic heterocycles. The third-order valence-electron chi connectivity index (χ3n) is 15.1. The van der Waals surface area contributed by atoms with Crippen LogP contribution in [0.4, 0.5) is 0 Å². The largest absolute Gasteiger partial charge is 0.494 e. The zero-order valence-corrected chi connectivity index (χ0v) is 47.1. The van der Waals surface area contributed by atoms with Gasteiger partial charge in [-0.25, -0.2) is 4.79 Å². The topological polar surface area (TPSA) is 220 Å². The molecule has 1 aliphatic rings. The molecule has 0 saturated carbocycles. The Kier molecular flexibility index (Phi) is 25.1. The average Bonchev–Trinajstić information content (AvgIpc) is 3.95. The van der Waals surface area contributed by atoms with Gasteiger partial charge in [0.05, 0.1) is 36.6 Å². The smallest absolute Gasteiger partial charge is 0.326 e. The second-order valence-corrected chi connectivity index (χ2v) is 22.6. The van der Waals surface area contributed by atoms with E-state index in [1.54, 1.807) is 60.8 Å². The van der Waals surface area contributed by atoms with E-state index in [4.69, 9.17) is 9.47 Å². The number of methoxy groups -OCH3 is 2. The van der Waals surface area contributed by atoms with Gasteiger partial charge in [-0.3, -0.25) is 28.5 Å². The Balaban J connectivity index is 1.70. The summed E-state index contributed by atoms with van der Waals surface area (Å²) in [5, 5.41) is 37.4. The lowest BCUT2D eigenvalue weighted by atomic mass is 9.89. The predicted molar refractivity (Wildman–Crippen MR) is 286 cm³/mol. The van der Waals surface area contributed by atoms with Gasteiger partial charge in [-0.2, -0.15) is 11.8 Å². The zero-order valence-electron chi connectivity index (χ0n) is 46.3. The summed E-state index contributed by atoms with van der Waals surface area (Å²) in [5.74, 6) is -3.55. The molecule has 1 saturated heterocycles. The minimum atomic E-state index is -1.16. The van der Waals surface area contributed by atoms with Gasteiger partial charge in [0.1, 0.15) is 18.1 Å². The maximum Gasteiger partial charge on any atom is 0.326 e. The Morgan fingerprint density at radius 3 is 2.08 bits per heavy atom. The minimum absolute atomic E-state index is 0.00741. The number of ether oxygens (including phenoxy) is 2. The molecular formula is C55H90N6O11S. The zero-order chi connectivity index (χ0) is 54.9. The Morgan fingerprint density at radius 1 is 0.877 bits per heavy atom. The number of nitrogens with zero attached hydrogens (tertiary/aromatic N) is 4. The van der Waals surface area contributed by atoms with Gasteiger partial charge in [0.25, 0.3) is 0 Å². The van der Waals surface area contributed by atoms with Crippen LogP contribution in [0.1, 0.15) is 138 Å². The molecule has 412 valence electrons. The van der Waals surface area contributed by atoms with Crippen LogP contribution in [0, 0.1) is 23.7 Å². The number of likely N-dealkylation sites (N-methyl/N-ethyl adjacent to an activating group) is 2. The van der Waals surface area contributed by atoms with Crippen LogP contribution in [0.3, 0.4) is 0 Å². The number of nitrogens with one attached hydrogen (secondary N) is 2. The molecule has 0 radical (unpaired) electrons. The van der Waals surface area contributed by atoms with Gasteiger partial charge in [-0.1, -0.05) is 105 Å². The molecule has 10 atom stereocenters. The number of thioether (sulfide) groups is 1. The highest BCUT2D eigenvalue weighted by atomic mass is 32.2. The molecule has 5 amide bonds. The van der Waals surface area contributed by atoms with Crippen molar-refractivity contribution in [1.82, 2.24) is 29.9 Å². The summed E-state index contributed by atoms with van der Waals surface area (Å²) in [6.45, 7) is 20.1. The number of carboxylic acid groups (broad SMARTS) is 1. The molecule has 1 fully saturated rings. The molecule has 3 rings (SSSR count). The quantitative estimate of drug-likeness (QED) is 0.0474. The number of aliphatic carboxylic acids is 1. The highest BCUT2D eigenvalue weighted by Gasteiger charge is 2.44. The number of likely N-dealkylation sites (tertiary alicyclic amines) is 1. The number of amides is 5. The number of aromatic nitrogens is 1. The fourth-order valence-electron chi connectivity index (χ4n) is 10.4. The van der Waals surface area contributed by atoms with Gasteiger partial charge in [-0.15, -0.1) is 0 Å². The van der Waals surface area contributed by atoms with E-state index >= 15 is 0 Å². The van der Waals surface area contributed by atoms with Crippen LogP contribution in [0.15, 0.2) is 36.4 Å². The van der Waals surface area contributed by atoms with Crippen molar-refractivity contribution in [3.05, 3.63) is 47.5 Å². The van der Waals surface area contributed by atoms with Crippen LogP contribution in [0.2, 0.25) is 0 Å². The van der Waals surface area contributed by atoms with E-state index in [9.17, 15) is 44.1 Å². The van der Waals surface area contributed by atoms with Crippen LogP contribution in [0.5, 0.6) is 11.8 Å². The number of unbranched alkanes of at least 4 members (excludes halogenated alkanes) is 2. The summed E-state index contributed by atoms with van der Waals surface area (Å²) >= 11 is 1.72. The van der Waals surface area contributed by atoms with Crippen molar-refractivity contribution in [2.24, 2.45) is 23.7 Å². The van der Waals surface area contributed by atoms with Gasteiger partial charge in [0.15, 0.2) is 11.8 Å². The van der Waals surface area contributed by atoms with Crippen molar-refractivity contribution < 1.29 is 53.6 Å². The first-order valence-electron chi connectivity index (χ1n) is 26.4. The van der Waals surface area contributed by atoms with Crippen molar-refractivity contribution in [2.75, 3.05) is 40.6 Å². The van der Waals surface area contributed by atoms with Crippen LogP contribution in [-0.2, 0) is 56.0 Å². The van der Waals surface area contributed by atoms with E-state index in [1.807, 2.05) is 59.7 Å². The first-order chi connectivity index (χ1) is 34.4. The summed E-state index contributed by atoms with van der Waals surface area (Å²) < 4.78 is 13.2. The van der Waals surface area contributed by atoms with Crippen molar-refractivity contribution >= 4 is 47.3 Å². The summed E-state index contributed by atoms with van der Waals surface area (Å²) in [4.78, 5) is 87.5. The Morgan fingerprint density at radius 2 is 1.53 bits per heavy atom. The molecule has 1 aromatic heterocycles. The average molecular weight is 1040 g/mol. The lowest BCUT2D eigenvalue weighted by Gasteiger charge is -2.41. The fraction of sp³-hybridized carbons (Fsp3) is 0.709. The first kappa shape index (κ1) is 62.5. The van der Waals surface area contributed by atoms with Crippen LogP contribution in [-0.4, -0.2) is 153 Å². The first-order valence-corrected chi connectivity index (χ1v) is 27.4. The number of carbonyl (C=O) groups is 6. The lowest BCUT2D eigenvalue weighted by molar-refractivity contribution is -0.149. The molecule has 18 heteroatoms. The molecule has 1 aromatic carbocycles. The van der Waals surface area contributed by atoms with Crippen molar-refractivity contribution in [3.63, 3.8) is 0 Å². The molecular weight excluding hydrogens is 953 g/mol. The van der Waals surface area contributed by atoms with Crippen LogP contribution in [0.25, 0.3) is 0 Å². The second-order valence-electron chi connectivity index (χ2n) is 20.8. The SMILES string of the molecule is CCSC(C)(CC)c1cc(O)n(CCCCCC(=O)N(C)C(C(=O)NC(C(=O)N(C)C(C(C)CC)C(CC(=O)N2CCCC2C(OC)C(C)C(=O)NC(Cc2ccccc2)C(=O)O)OC)C(C)C)C(C)C)c1O. The van der Waals surface area contributed by atoms with Crippen molar-refractivity contribution in [3.8, 4) is 11.8 Å². The van der Waals surface area contributed by atoms with E-state index in [2.05, 4.69) is 31.4 Å². The van der Waals surface area contributed by atoms with Gasteiger partial charge in [0, 0.05) is 70.6 Å². The third kappa shape index (κ3) is 16.3. The third-order valence-corrected chi connectivity index (χ3v) is 16.6. The number of hydrogen-bond acceptors (Lipinski definition) is 11. The lowest BCUT2D eigenvalue weighted by Crippen LogP contribution is -2.60. The molecule has 0 aliphatic carbocycles. The molecule has 0 spiro atoms. The summed E-state index contributed by atoms with van der Waals surface area (Å²) in [7, 11) is 6.27. The van der Waals surface area contributed by atoms with E-state index in [1.165, 1.54) is 23.7 Å². The Labute approximate surface area is 439 Å². The van der Waals surface area contributed by atoms with E-state index in [0.29, 0.717) is 57.2 Å². The standard InChI is InChI=1S/C55H90N6O11S/c1-15-36(8)48(42(71-13)33-45(64)60-30-24-27-41(60)49(72-14)37(9)50(65)56-40(54(69)70)31-38-25-20-18-21-26-38)59(12)53(68)46(34(4)5)57-51(66)47(35(6)7)58(11)43(62)28-22-19-23-29-61-44(63)32-39(52(61)67)55(10,16-2)73-17-3/h18,20-21,25-26,32,34-37,40-42,46-49,63,67H,15-17,19,22-24,27-31,33H2,1-14H3,(H,56,65)(H,57,66)(H,69,70). The van der Waals surface area contributed by atoms with Crippen molar-refractivity contribution in [2.45, 2.75) is 187 Å². The number of rotatable bonds is 31. The Bertz CT molecular complexity index is 2100. The molecule has 10 unspecified atom stereocenters. The number of carbonyl (C=O) groups excluding carboxylic acids is 5. The Hall–Kier alpha value is -4.81. The molecule has 17 nitrogen and oxygen atoms in total. The molecule has 5 N–H and O–H groups in total. The molecule has 2 aromatic rings. The number of benzene rings is 1. The summed E-state index contributed by atoms with van der Waals surface area (Å²) in [6, 6.07) is 6.64. The monoisotopic (exact) mass is 1040 g/mol. The van der Waals surface area contributed by atoms with Crippen LogP contribution < -0.4 is 10.6 Å². The summed E-state index contributed by atoms with van der Waals surface area (Å²) in [5.41, 5.74) is 1.47. The minimum Gasteiger partial charge on any atom is -0.494 e. The van der Waals surface area contributed by atoms with E-state index < -0.39 is 66.1 Å². The summed E-state index contributed by atoms with van der Waals surface area (Å²) in [6.07, 6.45) is 3.21. The molecule has 0 bridgehead atoms. The number of carboxylic acids is 1. The highest BCUT2D eigenvalue weighted by molar-refractivity contribution is 8.00. The van der Waals surface area contributed by atoms with Gasteiger partial charge in [-0.05, 0) is 68.1 Å². The number of hydrogen-bond donors (Lipinski definition) is 5. The van der Waals surface area contributed by atoms with Gasteiger partial charge >= 0.3 is 5.97 Å². The van der Waals surface area contributed by atoms with Crippen LogP contribution >= 0.6 is 11.8 Å². The van der Waals surface area contributed by atoms with E-state index in [-0.39, 0.29) is 71.2 Å². The van der Waals surface area contributed by atoms with Crippen molar-refractivity contribution in [1.29, 1.82) is 0 Å². The normalized spacial score (nSPS) is 18.0. The maximum absolute atomic E-state index is 14.7. The molecule has 2 heterocycles. The van der Waals surface area contributed by atoms with Gasteiger partial charge in [0.2, 0.25) is 29.5 Å². The second kappa shape index (κ2) is 29.3. The predicted octanol–water partition coefficient (Wildman–Crippen LogP) is 7.19. The fourth-order valence-corrected chi connectivity index (χ4v) is 11.6. The highest BCUT2D eigenvalue weighted by Crippen LogP contribution is 2.46. The van der Waals surface area contributed by atoms with E-state index in [0.717, 1.165) is 17.7 Å². The van der Waals surface area contributed by atoms with Gasteiger partial charge < -0.3 is 50.1 Å². The maximum atomic E-state index is 14.7.